The van der Waals surface area contributed by atoms with Crippen LogP contribution in [0.1, 0.15) is 37.7 Å². The molecule has 0 heterocycles. The Morgan fingerprint density at radius 2 is 1.87 bits per heavy atom. The van der Waals surface area contributed by atoms with E-state index < -0.39 is 22.5 Å². The molecule has 2 rings (SSSR count). The SMILES string of the molecule is O=C(NC1CCCCC1)OCc1cc([N+](=O)[O-])ccc1[N+](=O)[O-]. The zero-order valence-electron chi connectivity index (χ0n) is 12.4. The van der Waals surface area contributed by atoms with Gasteiger partial charge in [-0.1, -0.05) is 19.3 Å². The van der Waals surface area contributed by atoms with Crippen LogP contribution in [0.15, 0.2) is 18.2 Å². The molecule has 23 heavy (non-hydrogen) atoms. The van der Waals surface area contributed by atoms with Gasteiger partial charge in [-0.2, -0.15) is 0 Å². The molecule has 124 valence electrons. The van der Waals surface area contributed by atoms with Gasteiger partial charge >= 0.3 is 6.09 Å². The summed E-state index contributed by atoms with van der Waals surface area (Å²) in [5.74, 6) is 0. The third-order valence-corrected chi connectivity index (χ3v) is 3.76. The molecule has 0 spiro atoms. The first-order chi connectivity index (χ1) is 11.0. The lowest BCUT2D eigenvalue weighted by Gasteiger charge is -2.22. The van der Waals surface area contributed by atoms with E-state index in [4.69, 9.17) is 4.74 Å². The van der Waals surface area contributed by atoms with Gasteiger partial charge in [0.2, 0.25) is 0 Å². The Hall–Kier alpha value is -2.71. The number of nitro groups is 2. The number of amides is 1. The summed E-state index contributed by atoms with van der Waals surface area (Å²) < 4.78 is 4.98. The van der Waals surface area contributed by atoms with Gasteiger partial charge in [0.1, 0.15) is 6.61 Å². The first-order valence-corrected chi connectivity index (χ1v) is 7.32. The van der Waals surface area contributed by atoms with Crippen molar-refractivity contribution in [2.24, 2.45) is 0 Å². The number of alkyl carbamates (subject to hydrolysis) is 1. The second-order valence-electron chi connectivity index (χ2n) is 5.38. The van der Waals surface area contributed by atoms with Gasteiger partial charge < -0.3 is 10.1 Å². The van der Waals surface area contributed by atoms with Crippen molar-refractivity contribution in [3.05, 3.63) is 44.0 Å². The average Bonchev–Trinajstić information content (AvgIpc) is 2.53. The van der Waals surface area contributed by atoms with Gasteiger partial charge in [-0.25, -0.2) is 4.79 Å². The number of benzene rings is 1. The maximum Gasteiger partial charge on any atom is 0.407 e. The van der Waals surface area contributed by atoms with E-state index in [1.807, 2.05) is 0 Å². The number of nitrogens with one attached hydrogen (secondary N) is 1. The molecule has 9 heteroatoms. The maximum atomic E-state index is 11.7. The Kier molecular flexibility index (Phi) is 5.45. The lowest BCUT2D eigenvalue weighted by molar-refractivity contribution is -0.389. The van der Waals surface area contributed by atoms with E-state index in [0.717, 1.165) is 50.3 Å². The number of carbonyl (C=O) groups excluding carboxylic acids is 1. The average molecular weight is 323 g/mol. The van der Waals surface area contributed by atoms with Crippen LogP contribution in [-0.2, 0) is 11.3 Å². The lowest BCUT2D eigenvalue weighted by Crippen LogP contribution is -2.36. The van der Waals surface area contributed by atoms with Crippen molar-refractivity contribution in [3.8, 4) is 0 Å². The smallest absolute Gasteiger partial charge is 0.407 e. The minimum Gasteiger partial charge on any atom is -0.444 e. The van der Waals surface area contributed by atoms with Crippen molar-refractivity contribution in [2.45, 2.75) is 44.8 Å². The second kappa shape index (κ2) is 7.52. The predicted octanol–water partition coefficient (Wildman–Crippen LogP) is 3.06. The summed E-state index contributed by atoms with van der Waals surface area (Å²) in [6.07, 6.45) is 4.33. The van der Waals surface area contributed by atoms with E-state index >= 15 is 0 Å². The van der Waals surface area contributed by atoms with Crippen LogP contribution < -0.4 is 5.32 Å². The minimum atomic E-state index is -0.669. The quantitative estimate of drug-likeness (QED) is 0.655. The van der Waals surface area contributed by atoms with Crippen LogP contribution in [0.2, 0.25) is 0 Å². The molecule has 1 aromatic rings. The molecule has 0 atom stereocenters. The summed E-state index contributed by atoms with van der Waals surface area (Å²) in [4.78, 5) is 32.1. The minimum absolute atomic E-state index is 0.0111. The standard InChI is InChI=1S/C14H17N3O6/c18-14(15-11-4-2-1-3-5-11)23-9-10-8-12(16(19)20)6-7-13(10)17(21)22/h6-8,11H,1-5,9H2,(H,15,18). The lowest BCUT2D eigenvalue weighted by atomic mass is 9.96. The molecule has 0 saturated heterocycles. The van der Waals surface area contributed by atoms with Crippen LogP contribution >= 0.6 is 0 Å². The van der Waals surface area contributed by atoms with Crippen molar-refractivity contribution in [1.82, 2.24) is 5.32 Å². The molecule has 1 aliphatic carbocycles. The Bertz CT molecular complexity index is 613. The highest BCUT2D eigenvalue weighted by molar-refractivity contribution is 5.67. The summed E-state index contributed by atoms with van der Waals surface area (Å²) in [5, 5.41) is 24.4. The van der Waals surface area contributed by atoms with Crippen molar-refractivity contribution >= 4 is 17.5 Å². The normalized spacial score (nSPS) is 15.0. The fourth-order valence-corrected chi connectivity index (χ4v) is 2.58. The molecule has 9 nitrogen and oxygen atoms in total. The van der Waals surface area contributed by atoms with Gasteiger partial charge in [-0.3, -0.25) is 20.2 Å². The molecule has 0 radical (unpaired) electrons. The van der Waals surface area contributed by atoms with E-state index in [1.165, 1.54) is 0 Å². The monoisotopic (exact) mass is 323 g/mol. The van der Waals surface area contributed by atoms with E-state index in [-0.39, 0.29) is 23.0 Å². The van der Waals surface area contributed by atoms with E-state index in [9.17, 15) is 25.0 Å². The first kappa shape index (κ1) is 16.7. The molecular formula is C14H17N3O6. The van der Waals surface area contributed by atoms with E-state index in [2.05, 4.69) is 5.32 Å². The predicted molar refractivity (Wildman–Crippen MR) is 79.9 cm³/mol. The fraction of sp³-hybridized carbons (Fsp3) is 0.500. The first-order valence-electron chi connectivity index (χ1n) is 7.32. The van der Waals surface area contributed by atoms with Crippen LogP contribution in [0.4, 0.5) is 16.2 Å². The van der Waals surface area contributed by atoms with Crippen LogP contribution in [0.5, 0.6) is 0 Å². The fourth-order valence-electron chi connectivity index (χ4n) is 2.58. The highest BCUT2D eigenvalue weighted by Gasteiger charge is 2.21. The zero-order valence-corrected chi connectivity index (χ0v) is 12.4. The summed E-state index contributed by atoms with van der Waals surface area (Å²) in [7, 11) is 0. The van der Waals surface area contributed by atoms with Crippen molar-refractivity contribution in [1.29, 1.82) is 0 Å². The van der Waals surface area contributed by atoms with Gasteiger partial charge in [0.25, 0.3) is 11.4 Å². The van der Waals surface area contributed by atoms with Gasteiger partial charge in [-0.05, 0) is 12.8 Å². The number of ether oxygens (including phenoxy) is 1. The van der Waals surface area contributed by atoms with Gasteiger partial charge in [0.15, 0.2) is 0 Å². The molecule has 1 fully saturated rings. The summed E-state index contributed by atoms with van der Waals surface area (Å²) in [6, 6.07) is 3.18. The van der Waals surface area contributed by atoms with Gasteiger partial charge in [0, 0.05) is 24.2 Å². The second-order valence-corrected chi connectivity index (χ2v) is 5.38. The molecule has 0 aromatic heterocycles. The number of nitro benzene ring substituents is 2. The number of non-ortho nitro benzene ring substituents is 1. The Morgan fingerprint density at radius 3 is 2.48 bits per heavy atom. The van der Waals surface area contributed by atoms with Crippen molar-refractivity contribution in [3.63, 3.8) is 0 Å². The number of carbonyl (C=O) groups is 1. The highest BCUT2D eigenvalue weighted by atomic mass is 16.6. The topological polar surface area (TPSA) is 125 Å². The molecule has 1 amide bonds. The van der Waals surface area contributed by atoms with Crippen LogP contribution in [-0.4, -0.2) is 22.0 Å². The number of hydrogen-bond donors (Lipinski definition) is 1. The largest absolute Gasteiger partial charge is 0.444 e. The molecule has 0 bridgehead atoms. The summed E-state index contributed by atoms with van der Waals surface area (Å²) in [5.41, 5.74) is -0.619. The van der Waals surface area contributed by atoms with Crippen molar-refractivity contribution in [2.75, 3.05) is 0 Å². The van der Waals surface area contributed by atoms with Crippen molar-refractivity contribution < 1.29 is 19.4 Å². The zero-order chi connectivity index (χ0) is 16.8. The number of hydrogen-bond acceptors (Lipinski definition) is 6. The summed E-state index contributed by atoms with van der Waals surface area (Å²) in [6.45, 7) is -0.392. The highest BCUT2D eigenvalue weighted by Crippen LogP contribution is 2.25. The third kappa shape index (κ3) is 4.63. The molecule has 1 aliphatic rings. The van der Waals surface area contributed by atoms with E-state index in [1.54, 1.807) is 0 Å². The Labute approximate surface area is 131 Å². The molecular weight excluding hydrogens is 306 g/mol. The number of nitrogens with zero attached hydrogens (tertiary/aromatic N) is 2. The molecule has 0 aliphatic heterocycles. The molecule has 0 unspecified atom stereocenters. The Balaban J connectivity index is 2.00. The van der Waals surface area contributed by atoms with Gasteiger partial charge in [0.05, 0.1) is 15.4 Å². The van der Waals surface area contributed by atoms with Gasteiger partial charge in [-0.15, -0.1) is 0 Å². The van der Waals surface area contributed by atoms with Crippen LogP contribution in [0.25, 0.3) is 0 Å². The number of rotatable bonds is 5. The molecule has 1 N–H and O–H groups in total. The Morgan fingerprint density at radius 1 is 1.17 bits per heavy atom. The summed E-state index contributed by atoms with van der Waals surface area (Å²) >= 11 is 0. The van der Waals surface area contributed by atoms with Crippen LogP contribution in [0, 0.1) is 20.2 Å². The maximum absolute atomic E-state index is 11.7. The molecule has 1 aromatic carbocycles. The van der Waals surface area contributed by atoms with Crippen LogP contribution in [0.3, 0.4) is 0 Å². The third-order valence-electron chi connectivity index (χ3n) is 3.76. The molecule has 1 saturated carbocycles. The van der Waals surface area contributed by atoms with E-state index in [0.29, 0.717) is 0 Å².